The van der Waals surface area contributed by atoms with Gasteiger partial charge in [-0.3, -0.25) is 28.2 Å². The number of hydrogen-bond acceptors (Lipinski definition) is 13. The van der Waals surface area contributed by atoms with Crippen LogP contribution in [0.25, 0.3) is 0 Å². The molecule has 0 fully saturated rings. The van der Waals surface area contributed by atoms with Gasteiger partial charge >= 0.3 is 25.7 Å². The number of rotatable bonds is 29. The Morgan fingerprint density at radius 2 is 1.37 bits per heavy atom. The molecule has 0 rings (SSSR count). The first-order valence-electron chi connectivity index (χ1n) is 17.5. The number of phosphoric ester groups is 1. The first-order valence-corrected chi connectivity index (χ1v) is 20.2. The zero-order valence-electron chi connectivity index (χ0n) is 32.3. The van der Waals surface area contributed by atoms with Crippen molar-refractivity contribution in [1.82, 2.24) is 5.32 Å². The number of likely N-dealkylation sites (N-methyl/N-ethyl adjacent to an activating group) is 1. The Kier molecular flexibility index (Phi) is 23.4. The van der Waals surface area contributed by atoms with Crippen molar-refractivity contribution in [2.45, 2.75) is 91.2 Å². The number of phosphoric acid groups is 1. The summed E-state index contributed by atoms with van der Waals surface area (Å²) >= 11 is 8.72. The maximum atomic E-state index is 13.8. The maximum absolute atomic E-state index is 13.8. The second-order valence-electron chi connectivity index (χ2n) is 15.0. The van der Waals surface area contributed by atoms with Gasteiger partial charge in [0.1, 0.15) is 33.0 Å². The number of carbonyl (C=O) groups excluding carboxylic acids is 4. The summed E-state index contributed by atoms with van der Waals surface area (Å²) in [7, 11) is 2.86. The molecule has 0 aliphatic rings. The lowest BCUT2D eigenvalue weighted by molar-refractivity contribution is -0.870. The number of esters is 3. The largest absolute Gasteiger partial charge is 0.472 e. The molecule has 300 valence electrons. The monoisotopic (exact) mass is 789 g/mol. The van der Waals surface area contributed by atoms with Gasteiger partial charge in [-0.1, -0.05) is 13.3 Å². The molecule has 0 spiro atoms. The van der Waals surface area contributed by atoms with E-state index < -0.39 is 48.6 Å². The summed E-state index contributed by atoms with van der Waals surface area (Å²) in [6.07, 6.45) is 3.98. The zero-order chi connectivity index (χ0) is 39.4. The average Bonchev–Trinajstić information content (AvgIpc) is 3.02. The van der Waals surface area contributed by atoms with Crippen molar-refractivity contribution < 1.29 is 61.1 Å². The number of carbonyl (C=O) groups is 4. The topological polar surface area (TPSA) is 173 Å². The van der Waals surface area contributed by atoms with Gasteiger partial charge in [-0.15, -0.1) is 0 Å². The highest BCUT2D eigenvalue weighted by Gasteiger charge is 2.50. The van der Waals surface area contributed by atoms with E-state index in [4.69, 9.17) is 28.0 Å². The van der Waals surface area contributed by atoms with Gasteiger partial charge in [-0.2, -0.15) is 25.3 Å². The van der Waals surface area contributed by atoms with Gasteiger partial charge < -0.3 is 33.6 Å². The number of nitrogens with one attached hydrogen (secondary N) is 1. The van der Waals surface area contributed by atoms with Crippen molar-refractivity contribution >= 4 is 56.9 Å². The van der Waals surface area contributed by atoms with Gasteiger partial charge in [0.2, 0.25) is 5.91 Å². The third-order valence-corrected chi connectivity index (χ3v) is 10.1. The molecule has 0 saturated carbocycles. The van der Waals surface area contributed by atoms with Crippen LogP contribution in [0.15, 0.2) is 0 Å². The van der Waals surface area contributed by atoms with E-state index in [1.54, 1.807) is 34.6 Å². The quantitative estimate of drug-likeness (QED) is 0.0207. The number of ether oxygens (including phenoxy) is 4. The van der Waals surface area contributed by atoms with Gasteiger partial charge in [0.25, 0.3) is 0 Å². The van der Waals surface area contributed by atoms with Crippen LogP contribution in [-0.2, 0) is 51.7 Å². The number of hydrogen-bond donors (Lipinski definition) is 4. The maximum Gasteiger partial charge on any atom is 0.472 e. The Morgan fingerprint density at radius 3 is 1.96 bits per heavy atom. The van der Waals surface area contributed by atoms with E-state index in [1.165, 1.54) is 7.11 Å². The summed E-state index contributed by atoms with van der Waals surface area (Å²) in [6.45, 7) is 8.30. The first kappa shape index (κ1) is 49.6. The molecule has 14 nitrogen and oxygen atoms in total. The van der Waals surface area contributed by atoms with Gasteiger partial charge in [-0.25, -0.2) is 4.57 Å². The van der Waals surface area contributed by atoms with Crippen LogP contribution in [0.2, 0.25) is 0 Å². The Morgan fingerprint density at radius 1 is 0.804 bits per heavy atom. The van der Waals surface area contributed by atoms with Crippen LogP contribution in [0.3, 0.4) is 0 Å². The fourth-order valence-corrected chi connectivity index (χ4v) is 6.87. The molecule has 0 aliphatic heterocycles. The fraction of sp³-hybridized carbons (Fsp3) is 0.882. The Labute approximate surface area is 316 Å². The molecule has 0 aromatic heterocycles. The van der Waals surface area contributed by atoms with Crippen LogP contribution in [-0.4, -0.2) is 125 Å². The lowest BCUT2D eigenvalue weighted by Crippen LogP contribution is -2.45. The van der Waals surface area contributed by atoms with Crippen molar-refractivity contribution in [3.05, 3.63) is 0 Å². The van der Waals surface area contributed by atoms with E-state index in [-0.39, 0.29) is 63.6 Å². The number of quaternary nitrogens is 1. The van der Waals surface area contributed by atoms with Crippen LogP contribution < -0.4 is 5.32 Å². The zero-order valence-corrected chi connectivity index (χ0v) is 35.0. The molecule has 0 aliphatic carbocycles. The average molecular weight is 790 g/mol. The second kappa shape index (κ2) is 24.1. The van der Waals surface area contributed by atoms with Crippen LogP contribution in [0.5, 0.6) is 0 Å². The molecular formula is C34H66N2O12PS2+. The van der Waals surface area contributed by atoms with Crippen molar-refractivity contribution in [2.75, 3.05) is 86.7 Å². The van der Waals surface area contributed by atoms with Crippen molar-refractivity contribution in [3.63, 3.8) is 0 Å². The Balaban J connectivity index is 5.52. The van der Waals surface area contributed by atoms with Crippen LogP contribution in [0.1, 0.15) is 86.0 Å². The fourth-order valence-electron chi connectivity index (χ4n) is 5.35. The molecule has 17 heteroatoms. The predicted molar refractivity (Wildman–Crippen MR) is 202 cm³/mol. The van der Waals surface area contributed by atoms with Gasteiger partial charge in [0.05, 0.1) is 57.1 Å². The predicted octanol–water partition coefficient (Wildman–Crippen LogP) is 4.63. The van der Waals surface area contributed by atoms with Gasteiger partial charge in [0, 0.05) is 18.8 Å². The molecule has 0 aromatic carbocycles. The van der Waals surface area contributed by atoms with Gasteiger partial charge in [-0.05, 0) is 72.0 Å². The highest BCUT2D eigenvalue weighted by molar-refractivity contribution is 7.81. The van der Waals surface area contributed by atoms with E-state index in [0.29, 0.717) is 30.3 Å². The van der Waals surface area contributed by atoms with Crippen LogP contribution in [0, 0.1) is 16.2 Å². The molecule has 1 amide bonds. The van der Waals surface area contributed by atoms with Crippen molar-refractivity contribution in [2.24, 2.45) is 16.2 Å². The van der Waals surface area contributed by atoms with Crippen molar-refractivity contribution in [3.8, 4) is 0 Å². The second-order valence-corrected chi connectivity index (χ2v) is 17.7. The smallest absolute Gasteiger partial charge is 0.463 e. The molecular weight excluding hydrogens is 723 g/mol. The van der Waals surface area contributed by atoms with E-state index in [2.05, 4.69) is 30.6 Å². The van der Waals surface area contributed by atoms with E-state index in [0.717, 1.165) is 25.0 Å². The van der Waals surface area contributed by atoms with Crippen LogP contribution in [0.4, 0.5) is 0 Å². The van der Waals surface area contributed by atoms with Crippen LogP contribution >= 0.6 is 33.1 Å². The molecule has 0 radical (unpaired) electrons. The summed E-state index contributed by atoms with van der Waals surface area (Å²) < 4.78 is 44.1. The molecule has 4 unspecified atom stereocenters. The number of unbranched alkanes of at least 4 members (excludes halogenated alkanes) is 1. The summed E-state index contributed by atoms with van der Waals surface area (Å²) in [5, 5.41) is 3.03. The Bertz CT molecular complexity index is 1120. The summed E-state index contributed by atoms with van der Waals surface area (Å²) in [6, 6.07) is 0. The minimum Gasteiger partial charge on any atom is -0.463 e. The third-order valence-electron chi connectivity index (χ3n) is 8.35. The summed E-state index contributed by atoms with van der Waals surface area (Å²) in [5.41, 5.74) is -3.75. The lowest BCUT2D eigenvalue weighted by atomic mass is 9.65. The SMILES string of the molecule is CCC(C)(CC(C)(CC(C)(C)C(=O)OCCOP(=O)(O)OCC[N+](C)(C)C)C(=O)OCCNC(=O)CCCCC(S)CCS)C(=O)OCCOC. The number of thiol groups is 2. The highest BCUT2D eigenvalue weighted by atomic mass is 32.1. The third kappa shape index (κ3) is 21.8. The molecule has 4 atom stereocenters. The minimum atomic E-state index is -4.35. The highest BCUT2D eigenvalue weighted by Crippen LogP contribution is 2.46. The molecule has 0 saturated heterocycles. The minimum absolute atomic E-state index is 0.00393. The molecule has 51 heavy (non-hydrogen) atoms. The Hall–Kier alpha value is -1.39. The number of nitrogens with zero attached hydrogens (tertiary/aromatic N) is 1. The summed E-state index contributed by atoms with van der Waals surface area (Å²) in [4.78, 5) is 62.5. The molecule has 0 bridgehead atoms. The molecule has 0 heterocycles. The van der Waals surface area contributed by atoms with E-state index >= 15 is 0 Å². The summed E-state index contributed by atoms with van der Waals surface area (Å²) in [5.74, 6) is -1.24. The molecule has 0 aromatic rings. The first-order chi connectivity index (χ1) is 23.6. The lowest BCUT2D eigenvalue weighted by Gasteiger charge is -2.39. The molecule has 2 N–H and O–H groups in total. The normalized spacial score (nSPS) is 16.2. The van der Waals surface area contributed by atoms with E-state index in [1.807, 2.05) is 21.1 Å². The van der Waals surface area contributed by atoms with E-state index in [9.17, 15) is 28.6 Å². The number of methoxy groups -OCH3 is 1. The standard InChI is InChI=1S/C34H65N2O12PS2/c1-10-33(4,30(39)46-21-20-43-9)26-34(5,31(40)44-18-16-35-28(37)14-12-11-13-27(51)15-24-50)25-32(2,3)29(38)45-22-23-48-49(41,42)47-19-17-36(6,7)8/h27H,10-26H2,1-9H3,(H3-,35,37,41,42,50,51)/p+1. The van der Waals surface area contributed by atoms with Crippen molar-refractivity contribution in [1.29, 1.82) is 0 Å². The van der Waals surface area contributed by atoms with Gasteiger partial charge in [0.15, 0.2) is 0 Å². The number of amides is 1.